The Morgan fingerprint density at radius 1 is 0.943 bits per heavy atom. The number of nitrogens with zero attached hydrogens (tertiary/aromatic N) is 4. The molecular weight excluding hydrogens is 925 g/mol. The lowest BCUT2D eigenvalue weighted by atomic mass is 9.86. The number of benzene rings is 3. The van der Waals surface area contributed by atoms with Crippen molar-refractivity contribution in [3.05, 3.63) is 88.2 Å². The van der Waals surface area contributed by atoms with Gasteiger partial charge in [0, 0.05) is 49.8 Å². The fraction of sp³-hybridized carbons (Fsp3) is 0.404. The van der Waals surface area contributed by atoms with Gasteiger partial charge in [0.25, 0.3) is 16.1 Å². The number of rotatable bonds is 16. The highest BCUT2D eigenvalue weighted by Crippen LogP contribution is 2.44. The SMILES string of the molecule is Cc1nc(-c2ccc(C(C)(C)C)cc2)nc(C)c1C(=O)NC(CNS(N)(=O)=O)C(=O)N(C)[C@@H]1C(=O)N[C@@H](C)C(=O)N[C@H](C(=O)NCC#N)Cc2ccc(OCCN)c(c2)-c2cc1cc(OCCN)c2O. The van der Waals surface area contributed by atoms with E-state index in [1.165, 1.54) is 26.1 Å². The second-order valence-electron chi connectivity index (χ2n) is 17.6. The van der Waals surface area contributed by atoms with Crippen molar-refractivity contribution in [2.75, 3.05) is 46.4 Å². The zero-order valence-corrected chi connectivity index (χ0v) is 40.8. The number of ether oxygens (including phenoxy) is 2. The highest BCUT2D eigenvalue weighted by Gasteiger charge is 2.37. The van der Waals surface area contributed by atoms with E-state index in [9.17, 15) is 37.5 Å². The summed E-state index contributed by atoms with van der Waals surface area (Å²) in [6.45, 7) is 9.58. The molecular formula is C47H60N12O10S. The molecule has 5 rings (SSSR count). The van der Waals surface area contributed by atoms with Gasteiger partial charge in [-0.25, -0.2) is 15.1 Å². The second kappa shape index (κ2) is 22.9. The third-order valence-corrected chi connectivity index (χ3v) is 11.8. The smallest absolute Gasteiger partial charge is 0.274 e. The molecule has 1 aliphatic rings. The molecule has 4 aromatic rings. The van der Waals surface area contributed by atoms with Gasteiger partial charge >= 0.3 is 0 Å². The lowest BCUT2D eigenvalue weighted by Crippen LogP contribution is -2.57. The van der Waals surface area contributed by atoms with Gasteiger partial charge in [-0.1, -0.05) is 51.1 Å². The summed E-state index contributed by atoms with van der Waals surface area (Å²) in [7, 11) is -3.28. The van der Waals surface area contributed by atoms with Crippen LogP contribution in [0.3, 0.4) is 0 Å². The van der Waals surface area contributed by atoms with Gasteiger partial charge in [0.2, 0.25) is 23.6 Å². The van der Waals surface area contributed by atoms with Gasteiger partial charge in [-0.2, -0.15) is 18.4 Å². The van der Waals surface area contributed by atoms with Crippen LogP contribution in [-0.2, 0) is 41.2 Å². The molecule has 4 atom stereocenters. The summed E-state index contributed by atoms with van der Waals surface area (Å²) < 4.78 is 38.5. The number of phenols is 1. The van der Waals surface area contributed by atoms with Gasteiger partial charge in [0.15, 0.2) is 17.3 Å². The van der Waals surface area contributed by atoms with Crippen molar-refractivity contribution in [1.82, 2.24) is 40.9 Å². The van der Waals surface area contributed by atoms with Gasteiger partial charge in [-0.3, -0.25) is 24.0 Å². The first-order valence-corrected chi connectivity index (χ1v) is 23.7. The van der Waals surface area contributed by atoms with Crippen LogP contribution in [-0.4, -0.2) is 122 Å². The maximum atomic E-state index is 14.9. The summed E-state index contributed by atoms with van der Waals surface area (Å²) in [5.41, 5.74) is 14.4. The molecule has 2 heterocycles. The fourth-order valence-electron chi connectivity index (χ4n) is 7.68. The molecule has 0 saturated heterocycles. The molecule has 0 saturated carbocycles. The molecule has 1 unspecified atom stereocenters. The van der Waals surface area contributed by atoms with Gasteiger partial charge in [0.1, 0.15) is 49.7 Å². The summed E-state index contributed by atoms with van der Waals surface area (Å²) in [6, 6.07) is 10.8. The van der Waals surface area contributed by atoms with Crippen molar-refractivity contribution < 1.29 is 47.0 Å². The number of likely N-dealkylation sites (N-methyl/N-ethyl adjacent to an activating group) is 1. The third kappa shape index (κ3) is 13.3. The minimum Gasteiger partial charge on any atom is -0.504 e. The van der Waals surface area contributed by atoms with Crippen LogP contribution in [0.4, 0.5) is 0 Å². The number of fused-ring (bicyclic) bond motifs is 5. The number of hydrogen-bond acceptors (Lipinski definition) is 15. The molecule has 0 radical (unpaired) electrons. The number of aromatic nitrogens is 2. The van der Waals surface area contributed by atoms with Crippen molar-refractivity contribution in [2.45, 2.75) is 77.5 Å². The molecule has 374 valence electrons. The van der Waals surface area contributed by atoms with Crippen LogP contribution in [0.2, 0.25) is 0 Å². The highest BCUT2D eigenvalue weighted by atomic mass is 32.2. The maximum Gasteiger partial charge on any atom is 0.274 e. The van der Waals surface area contributed by atoms with E-state index in [0.717, 1.165) is 10.5 Å². The Hall–Kier alpha value is -7.23. The number of amides is 5. The monoisotopic (exact) mass is 984 g/mol. The molecule has 4 bridgehead atoms. The van der Waals surface area contributed by atoms with Gasteiger partial charge < -0.3 is 52.2 Å². The largest absolute Gasteiger partial charge is 0.504 e. The highest BCUT2D eigenvalue weighted by molar-refractivity contribution is 7.87. The van der Waals surface area contributed by atoms with Crippen molar-refractivity contribution in [3.63, 3.8) is 0 Å². The van der Waals surface area contributed by atoms with Crippen molar-refractivity contribution in [3.8, 4) is 45.8 Å². The molecule has 1 aromatic heterocycles. The van der Waals surface area contributed by atoms with E-state index in [1.54, 1.807) is 32.0 Å². The normalized spacial score (nSPS) is 16.6. The second-order valence-corrected chi connectivity index (χ2v) is 19.0. The number of aromatic hydroxyl groups is 1. The number of carbonyl (C=O) groups is 5. The predicted octanol–water partition coefficient (Wildman–Crippen LogP) is 0.382. The van der Waals surface area contributed by atoms with Crippen LogP contribution in [0.5, 0.6) is 17.2 Å². The number of nitriles is 1. The molecule has 0 aliphatic carbocycles. The Bertz CT molecular complexity index is 2750. The number of aryl methyl sites for hydroxylation is 2. The van der Waals surface area contributed by atoms with Crippen LogP contribution >= 0.6 is 0 Å². The quantitative estimate of drug-likeness (QED) is 0.0686. The van der Waals surface area contributed by atoms with Crippen molar-refractivity contribution in [2.24, 2.45) is 16.6 Å². The first-order chi connectivity index (χ1) is 33.0. The zero-order valence-electron chi connectivity index (χ0n) is 40.0. The van der Waals surface area contributed by atoms with Crippen molar-refractivity contribution >= 4 is 39.7 Å². The minimum atomic E-state index is -4.48. The molecule has 12 N–H and O–H groups in total. The number of nitrogens with two attached hydrogens (primary N) is 3. The molecule has 23 heteroatoms. The number of hydrogen-bond donors (Lipinski definition) is 9. The summed E-state index contributed by atoms with van der Waals surface area (Å²) in [6.07, 6.45) is -0.120. The van der Waals surface area contributed by atoms with E-state index in [1.807, 2.05) is 35.1 Å². The summed E-state index contributed by atoms with van der Waals surface area (Å²) >= 11 is 0. The number of nitrogens with one attached hydrogen (secondary N) is 5. The standard InChI is InChI=1S/C47H60N12O10S/c1-25-38(26(2)55-41(54-25)29-9-11-31(12-10-29)47(4,5)6)44(63)58-35(24-53-70(51,66)67)46(65)59(7)39-30-22-33(40(60)37(23-30)69-19-16-50)32-20-28(8-13-36(32)68-18-15-49)21-34(43(62)52-17-14-48)57-42(61)27(3)56-45(39)64/h8-13,20,22-23,27,34-35,39,53,60H,15-19,21,24,49-50H2,1-7H3,(H,52,62)(H,56,64)(H,57,61)(H,58,63)(H2,51,66,67)/t27-,34-,35?,39-/m0/s1. The van der Waals surface area contributed by atoms with E-state index in [4.69, 9.17) is 31.3 Å². The van der Waals surface area contributed by atoms with Crippen LogP contribution in [0, 0.1) is 25.2 Å². The molecule has 3 aromatic carbocycles. The molecule has 70 heavy (non-hydrogen) atoms. The van der Waals surface area contributed by atoms with Crippen LogP contribution in [0.1, 0.15) is 72.2 Å². The van der Waals surface area contributed by atoms with E-state index < -0.39 is 76.2 Å². The average Bonchev–Trinajstić information content (AvgIpc) is 3.29. The predicted molar refractivity (Wildman–Crippen MR) is 258 cm³/mol. The Morgan fingerprint density at radius 2 is 1.57 bits per heavy atom. The first-order valence-electron chi connectivity index (χ1n) is 22.2. The summed E-state index contributed by atoms with van der Waals surface area (Å²) in [5, 5.41) is 36.5. The minimum absolute atomic E-state index is 0.000776. The molecule has 0 fully saturated rings. The number of phenolic OH excluding ortho intramolecular Hbond substituents is 1. The van der Waals surface area contributed by atoms with Crippen molar-refractivity contribution in [1.29, 1.82) is 5.26 Å². The van der Waals surface area contributed by atoms with E-state index >= 15 is 0 Å². The van der Waals surface area contributed by atoms with Crippen LogP contribution < -0.4 is 52.1 Å². The molecule has 1 aliphatic heterocycles. The Balaban J connectivity index is 1.64. The van der Waals surface area contributed by atoms with E-state index in [2.05, 4.69) is 52.0 Å². The van der Waals surface area contributed by atoms with E-state index in [-0.39, 0.29) is 89.8 Å². The topological polar surface area (TPSA) is 349 Å². The fourth-order valence-corrected chi connectivity index (χ4v) is 8.08. The van der Waals surface area contributed by atoms with Crippen LogP contribution in [0.15, 0.2) is 54.6 Å². The van der Waals surface area contributed by atoms with Gasteiger partial charge in [-0.05, 0) is 67.1 Å². The lowest BCUT2D eigenvalue weighted by Gasteiger charge is -2.33. The average molecular weight is 985 g/mol. The van der Waals surface area contributed by atoms with Crippen LogP contribution in [0.25, 0.3) is 22.5 Å². The zero-order chi connectivity index (χ0) is 51.7. The maximum absolute atomic E-state index is 14.9. The summed E-state index contributed by atoms with van der Waals surface area (Å²) in [5.74, 6) is -4.48. The number of carbonyl (C=O) groups excluding carboxylic acids is 5. The Labute approximate surface area is 406 Å². The first kappa shape index (κ1) is 53.7. The van der Waals surface area contributed by atoms with Gasteiger partial charge in [-0.15, -0.1) is 0 Å². The lowest BCUT2D eigenvalue weighted by molar-refractivity contribution is -0.141. The van der Waals surface area contributed by atoms with Gasteiger partial charge in [0.05, 0.1) is 23.0 Å². The molecule has 22 nitrogen and oxygen atoms in total. The Kier molecular flexibility index (Phi) is 17.6. The molecule has 0 spiro atoms. The third-order valence-electron chi connectivity index (χ3n) is 11.2. The van der Waals surface area contributed by atoms with E-state index in [0.29, 0.717) is 17.0 Å². The molecule has 5 amide bonds. The Morgan fingerprint density at radius 3 is 2.16 bits per heavy atom. The summed E-state index contributed by atoms with van der Waals surface area (Å²) in [4.78, 5) is 81.1.